The Bertz CT molecular complexity index is 1030. The van der Waals surface area contributed by atoms with Crippen LogP contribution in [0.2, 0.25) is 0 Å². The Hall–Kier alpha value is -3.26. The quantitative estimate of drug-likeness (QED) is 0.683. The zero-order valence-electron chi connectivity index (χ0n) is 16.6. The number of carbonyl (C=O) groups excluding carboxylic acids is 2. The lowest BCUT2D eigenvalue weighted by Crippen LogP contribution is -2.33. The van der Waals surface area contributed by atoms with Crippen molar-refractivity contribution in [3.05, 3.63) is 75.5 Å². The number of thiazole rings is 1. The number of benzene rings is 1. The molecule has 0 fully saturated rings. The first-order chi connectivity index (χ1) is 14.6. The van der Waals surface area contributed by atoms with Crippen molar-refractivity contribution in [3.8, 4) is 5.75 Å². The minimum Gasteiger partial charge on any atom is -0.497 e. The summed E-state index contributed by atoms with van der Waals surface area (Å²) in [5.41, 5.74) is 2.52. The van der Waals surface area contributed by atoms with Gasteiger partial charge in [-0.05, 0) is 29.8 Å². The second-order valence-corrected chi connectivity index (χ2v) is 8.03. The van der Waals surface area contributed by atoms with Crippen molar-refractivity contribution in [2.45, 2.75) is 19.4 Å². The average molecular weight is 423 g/mol. The van der Waals surface area contributed by atoms with Crippen molar-refractivity contribution in [1.29, 1.82) is 0 Å². The van der Waals surface area contributed by atoms with Gasteiger partial charge in [0.05, 0.1) is 12.8 Å². The number of carbonyl (C=O) groups is 2. The summed E-state index contributed by atoms with van der Waals surface area (Å²) >= 11 is 1.41. The van der Waals surface area contributed by atoms with Crippen molar-refractivity contribution in [2.75, 3.05) is 20.2 Å². The molecule has 0 saturated heterocycles. The molecule has 0 bridgehead atoms. The van der Waals surface area contributed by atoms with Crippen LogP contribution >= 0.6 is 11.3 Å². The summed E-state index contributed by atoms with van der Waals surface area (Å²) in [6, 6.07) is 11.1. The summed E-state index contributed by atoms with van der Waals surface area (Å²) in [4.78, 5) is 36.7. The van der Waals surface area contributed by atoms with Gasteiger partial charge < -0.3 is 15.0 Å². The number of nitrogens with zero attached hydrogens (tertiary/aromatic N) is 3. The average Bonchev–Trinajstić information content (AvgIpc) is 3.11. The Labute approximate surface area is 178 Å². The van der Waals surface area contributed by atoms with E-state index in [0.29, 0.717) is 43.0 Å². The van der Waals surface area contributed by atoms with Crippen molar-refractivity contribution >= 4 is 23.2 Å². The van der Waals surface area contributed by atoms with Gasteiger partial charge >= 0.3 is 0 Å². The molecular weight excluding hydrogens is 400 g/mol. The third kappa shape index (κ3) is 4.49. The third-order valence-electron chi connectivity index (χ3n) is 5.00. The number of rotatable bonds is 5. The maximum atomic E-state index is 12.7. The SMILES string of the molecule is COc1cccc(CNC(=O)c2nc3c(s2)CCN(C(=O)c2ccncc2)CC3)c1. The van der Waals surface area contributed by atoms with Crippen LogP contribution < -0.4 is 10.1 Å². The van der Waals surface area contributed by atoms with Crippen LogP contribution in [-0.4, -0.2) is 46.9 Å². The molecule has 1 aliphatic heterocycles. The number of hydrogen-bond acceptors (Lipinski definition) is 6. The van der Waals surface area contributed by atoms with Crippen LogP contribution in [0.3, 0.4) is 0 Å². The predicted molar refractivity (Wildman–Crippen MR) is 114 cm³/mol. The van der Waals surface area contributed by atoms with Crippen LogP contribution in [0.4, 0.5) is 0 Å². The van der Waals surface area contributed by atoms with E-state index in [2.05, 4.69) is 15.3 Å². The number of pyridine rings is 1. The highest BCUT2D eigenvalue weighted by Crippen LogP contribution is 2.24. The van der Waals surface area contributed by atoms with E-state index in [9.17, 15) is 9.59 Å². The Morgan fingerprint density at radius 3 is 2.77 bits per heavy atom. The number of aromatic nitrogens is 2. The molecule has 0 saturated carbocycles. The summed E-state index contributed by atoms with van der Waals surface area (Å²) in [7, 11) is 1.62. The highest BCUT2D eigenvalue weighted by atomic mass is 32.1. The van der Waals surface area contributed by atoms with Crippen molar-refractivity contribution in [1.82, 2.24) is 20.2 Å². The van der Waals surface area contributed by atoms with Gasteiger partial charge in [-0.25, -0.2) is 4.98 Å². The normalized spacial score (nSPS) is 13.3. The van der Waals surface area contributed by atoms with E-state index in [4.69, 9.17) is 4.74 Å². The Kier molecular flexibility index (Phi) is 6.04. The summed E-state index contributed by atoms with van der Waals surface area (Å²) < 4.78 is 5.21. The molecule has 0 aliphatic carbocycles. The Balaban J connectivity index is 1.37. The van der Waals surface area contributed by atoms with E-state index in [0.717, 1.165) is 21.9 Å². The van der Waals surface area contributed by atoms with Gasteiger partial charge in [0.1, 0.15) is 5.75 Å². The monoisotopic (exact) mass is 422 g/mol. The lowest BCUT2D eigenvalue weighted by molar-refractivity contribution is 0.0762. The summed E-state index contributed by atoms with van der Waals surface area (Å²) in [5.74, 6) is 0.581. The predicted octanol–water partition coefficient (Wildman–Crippen LogP) is 2.72. The number of methoxy groups -OCH3 is 1. The van der Waals surface area contributed by atoms with Gasteiger partial charge in [0.2, 0.25) is 0 Å². The fraction of sp³-hybridized carbons (Fsp3) is 0.273. The molecule has 4 rings (SSSR count). The topological polar surface area (TPSA) is 84.4 Å². The number of nitrogens with one attached hydrogen (secondary N) is 1. The molecule has 0 spiro atoms. The number of fused-ring (bicyclic) bond motifs is 1. The first-order valence-electron chi connectivity index (χ1n) is 9.73. The smallest absolute Gasteiger partial charge is 0.280 e. The molecule has 0 radical (unpaired) electrons. The Morgan fingerprint density at radius 1 is 1.17 bits per heavy atom. The second-order valence-electron chi connectivity index (χ2n) is 6.95. The molecule has 7 nitrogen and oxygen atoms in total. The first kappa shape index (κ1) is 20.0. The lowest BCUT2D eigenvalue weighted by atomic mass is 10.2. The van der Waals surface area contributed by atoms with E-state index in [1.807, 2.05) is 29.2 Å². The van der Waals surface area contributed by atoms with E-state index in [1.54, 1.807) is 31.6 Å². The largest absolute Gasteiger partial charge is 0.497 e. The fourth-order valence-electron chi connectivity index (χ4n) is 3.38. The van der Waals surface area contributed by atoms with Crippen LogP contribution in [0, 0.1) is 0 Å². The standard InChI is InChI=1S/C22H22N4O3S/c1-29-17-4-2-3-15(13-17)14-24-20(27)21-25-18-7-11-26(12-8-19(18)30-21)22(28)16-5-9-23-10-6-16/h2-6,9-10,13H,7-8,11-12,14H2,1H3,(H,24,27). The number of ether oxygens (including phenoxy) is 1. The van der Waals surface area contributed by atoms with Gasteiger partial charge in [0.25, 0.3) is 11.8 Å². The third-order valence-corrected chi connectivity index (χ3v) is 6.16. The van der Waals surface area contributed by atoms with Crippen molar-refractivity contribution < 1.29 is 14.3 Å². The van der Waals surface area contributed by atoms with Crippen LogP contribution in [0.15, 0.2) is 48.8 Å². The summed E-state index contributed by atoms with van der Waals surface area (Å²) in [6.07, 6.45) is 4.60. The number of hydrogen-bond donors (Lipinski definition) is 1. The lowest BCUT2D eigenvalue weighted by Gasteiger charge is -2.20. The van der Waals surface area contributed by atoms with Crippen LogP contribution in [0.25, 0.3) is 0 Å². The molecule has 154 valence electrons. The van der Waals surface area contributed by atoms with E-state index < -0.39 is 0 Å². The minimum absolute atomic E-state index is 0.00353. The maximum Gasteiger partial charge on any atom is 0.280 e. The maximum absolute atomic E-state index is 12.7. The van der Waals surface area contributed by atoms with Gasteiger partial charge in [-0.3, -0.25) is 14.6 Å². The summed E-state index contributed by atoms with van der Waals surface area (Å²) in [5, 5.41) is 3.39. The van der Waals surface area contributed by atoms with Gasteiger partial charge in [-0.1, -0.05) is 12.1 Å². The summed E-state index contributed by atoms with van der Waals surface area (Å²) in [6.45, 7) is 1.61. The van der Waals surface area contributed by atoms with Crippen LogP contribution in [0.5, 0.6) is 5.75 Å². The highest BCUT2D eigenvalue weighted by molar-refractivity contribution is 7.13. The van der Waals surface area contributed by atoms with Crippen molar-refractivity contribution in [2.24, 2.45) is 0 Å². The fourth-order valence-corrected chi connectivity index (χ4v) is 4.39. The molecule has 0 atom stereocenters. The highest BCUT2D eigenvalue weighted by Gasteiger charge is 2.24. The minimum atomic E-state index is -0.180. The molecule has 30 heavy (non-hydrogen) atoms. The Morgan fingerprint density at radius 2 is 1.97 bits per heavy atom. The van der Waals surface area contributed by atoms with E-state index >= 15 is 0 Å². The molecule has 1 N–H and O–H groups in total. The second kappa shape index (κ2) is 9.04. The van der Waals surface area contributed by atoms with Gasteiger partial charge in [-0.2, -0.15) is 0 Å². The van der Waals surface area contributed by atoms with Gasteiger partial charge in [0, 0.05) is 55.3 Å². The molecular formula is C22H22N4O3S. The van der Waals surface area contributed by atoms with Crippen molar-refractivity contribution in [3.63, 3.8) is 0 Å². The zero-order valence-corrected chi connectivity index (χ0v) is 17.4. The molecule has 8 heteroatoms. The van der Waals surface area contributed by atoms with E-state index in [-0.39, 0.29) is 11.8 Å². The van der Waals surface area contributed by atoms with Crippen LogP contribution in [-0.2, 0) is 19.4 Å². The molecule has 1 aliphatic rings. The van der Waals surface area contributed by atoms with E-state index in [1.165, 1.54) is 11.3 Å². The van der Waals surface area contributed by atoms with Gasteiger partial charge in [-0.15, -0.1) is 11.3 Å². The molecule has 3 heterocycles. The van der Waals surface area contributed by atoms with Gasteiger partial charge in [0.15, 0.2) is 5.01 Å². The van der Waals surface area contributed by atoms with Crippen LogP contribution in [0.1, 0.15) is 36.3 Å². The zero-order chi connectivity index (χ0) is 20.9. The molecule has 2 amide bonds. The molecule has 1 aromatic carbocycles. The molecule has 2 aromatic heterocycles. The first-order valence-corrected chi connectivity index (χ1v) is 10.5. The number of amides is 2. The molecule has 3 aromatic rings. The molecule has 0 unspecified atom stereocenters.